The van der Waals surface area contributed by atoms with Crippen LogP contribution in [0.1, 0.15) is 9.78 Å². The van der Waals surface area contributed by atoms with Crippen LogP contribution in [-0.4, -0.2) is 23.1 Å². The van der Waals surface area contributed by atoms with Crippen molar-refractivity contribution in [2.75, 3.05) is 0 Å². The van der Waals surface area contributed by atoms with Gasteiger partial charge < -0.3 is 2.85 Å². The second-order valence-electron chi connectivity index (χ2n) is 0.224. The summed E-state index contributed by atoms with van der Waals surface area (Å²) in [7, 11) is 0. The third-order valence-electron chi connectivity index (χ3n) is 0. The molecule has 1 nitrogen and oxygen atoms in total. The topological polar surface area (TPSA) is 23.8 Å². The zero-order chi connectivity index (χ0) is 2.71. The first kappa shape index (κ1) is 8.87. The van der Waals surface area contributed by atoms with Crippen molar-refractivity contribution in [3.63, 3.8) is 0 Å². The van der Waals surface area contributed by atoms with Crippen LogP contribution in [0.5, 0.6) is 0 Å². The molecule has 0 saturated heterocycles. The van der Waals surface area contributed by atoms with Gasteiger partial charge in [-0.25, -0.2) is 0 Å². The molecule has 0 atom stereocenters. The van der Waals surface area contributed by atoms with E-state index >= 15 is 0 Å². The summed E-state index contributed by atoms with van der Waals surface area (Å²) in [6.07, 6.45) is 0. The second-order valence-corrected chi connectivity index (χ2v) is 0.224. The number of hydrogen-bond donors (Lipinski definition) is 0. The van der Waals surface area contributed by atoms with Crippen LogP contribution in [0.4, 0.5) is 0 Å². The maximum atomic E-state index is 7.32. The van der Waals surface area contributed by atoms with E-state index in [0.717, 1.165) is 0 Å². The van der Waals surface area contributed by atoms with E-state index in [4.69, 9.17) is 5.26 Å². The Morgan fingerprint density at radius 1 is 2.00 bits per heavy atom. The summed E-state index contributed by atoms with van der Waals surface area (Å²) < 4.78 is 0. The minimum absolute atomic E-state index is 0. The van der Waals surface area contributed by atoms with Crippen molar-refractivity contribution in [1.82, 2.24) is 0 Å². The van der Waals surface area contributed by atoms with E-state index in [2.05, 4.69) is 0 Å². The molecule has 0 saturated carbocycles. The summed E-state index contributed by atoms with van der Waals surface area (Å²) in [5, 5.41) is 7.32. The molecule has 0 heterocycles. The van der Waals surface area contributed by atoms with Gasteiger partial charge in [-0.05, 0) is 0 Å². The maximum Gasteiger partial charge on any atom is 2.00 e. The molecule has 0 fully saturated rings. The Kier molecular flexibility index (Phi) is 23.3. The Balaban J connectivity index is -0.00000000667. The molecule has 0 aliphatic carbocycles. The Hall–Kier alpha value is 0.256. The molecule has 0 aromatic heterocycles. The number of nitriles is 1. The first-order chi connectivity index (χ1) is 1.41. The second kappa shape index (κ2) is 10.5. The number of rotatable bonds is 0. The van der Waals surface area contributed by atoms with Gasteiger partial charge in [-0.3, -0.25) is 0 Å². The average Bonchev–Trinajstić information content (AvgIpc) is 0.918. The van der Waals surface area contributed by atoms with Crippen molar-refractivity contribution in [3.05, 3.63) is 0 Å². The molecule has 0 N–H and O–H groups in total. The standard InChI is InChI=1S/C2H3N.Mg.2H/c1-2-3;;;/h1H3;;;/q;+2;2*-1. The minimum Gasteiger partial charge on any atom is -1.00 e. The zero-order valence-corrected chi connectivity index (χ0v) is 4.07. The van der Waals surface area contributed by atoms with Gasteiger partial charge in [0.05, 0.1) is 6.07 Å². The van der Waals surface area contributed by atoms with Crippen molar-refractivity contribution in [1.29, 1.82) is 5.26 Å². The zero-order valence-electron chi connectivity index (χ0n) is 4.65. The van der Waals surface area contributed by atoms with Gasteiger partial charge in [-0.1, -0.05) is 0 Å². The molecule has 20 valence electrons. The van der Waals surface area contributed by atoms with E-state index in [-0.39, 0.29) is 25.9 Å². The summed E-state index contributed by atoms with van der Waals surface area (Å²) in [6, 6.07) is 1.75. The molecule has 0 amide bonds. The predicted molar refractivity (Wildman–Crippen MR) is 19.3 cm³/mol. The molecule has 0 aliphatic heterocycles. The smallest absolute Gasteiger partial charge is 1.00 e. The van der Waals surface area contributed by atoms with Gasteiger partial charge in [-0.2, -0.15) is 5.26 Å². The Bertz CT molecular complexity index is 33.0. The number of nitrogens with zero attached hydrogens (tertiary/aromatic N) is 1. The van der Waals surface area contributed by atoms with Crippen molar-refractivity contribution in [2.24, 2.45) is 0 Å². The third-order valence-corrected chi connectivity index (χ3v) is 0. The van der Waals surface area contributed by atoms with Crippen molar-refractivity contribution in [3.8, 4) is 6.07 Å². The van der Waals surface area contributed by atoms with Crippen molar-refractivity contribution < 1.29 is 2.85 Å². The van der Waals surface area contributed by atoms with Gasteiger partial charge in [0.15, 0.2) is 0 Å². The first-order valence-corrected chi connectivity index (χ1v) is 0.724. The Morgan fingerprint density at radius 2 is 2.00 bits per heavy atom. The van der Waals surface area contributed by atoms with Crippen LogP contribution < -0.4 is 0 Å². The van der Waals surface area contributed by atoms with Gasteiger partial charge >= 0.3 is 23.1 Å². The molecular formula is C2H5MgN. The fourth-order valence-corrected chi connectivity index (χ4v) is 0. The molecule has 0 aromatic carbocycles. The largest absolute Gasteiger partial charge is 2.00 e. The normalized spacial score (nSPS) is 2.00. The maximum absolute atomic E-state index is 7.32. The molecule has 0 bridgehead atoms. The van der Waals surface area contributed by atoms with Gasteiger partial charge in [-0.15, -0.1) is 0 Å². The van der Waals surface area contributed by atoms with Crippen molar-refractivity contribution in [2.45, 2.75) is 6.92 Å². The van der Waals surface area contributed by atoms with E-state index < -0.39 is 0 Å². The fourth-order valence-electron chi connectivity index (χ4n) is 0. The summed E-state index contributed by atoms with van der Waals surface area (Å²) in [5.74, 6) is 0. The average molecular weight is 67.4 g/mol. The van der Waals surface area contributed by atoms with Gasteiger partial charge in [0.1, 0.15) is 0 Å². The van der Waals surface area contributed by atoms with E-state index in [1.165, 1.54) is 6.92 Å². The quantitative estimate of drug-likeness (QED) is 0.376. The Morgan fingerprint density at radius 3 is 2.00 bits per heavy atom. The van der Waals surface area contributed by atoms with E-state index in [1.807, 2.05) is 0 Å². The molecule has 2 heteroatoms. The summed E-state index contributed by atoms with van der Waals surface area (Å²) in [6.45, 7) is 1.43. The SMILES string of the molecule is CC#N.[H-].[H-].[Mg+2]. The van der Waals surface area contributed by atoms with Crippen LogP contribution in [0.25, 0.3) is 0 Å². The van der Waals surface area contributed by atoms with E-state index in [0.29, 0.717) is 0 Å². The molecule has 0 rings (SSSR count). The third kappa shape index (κ3) is 54.2. The van der Waals surface area contributed by atoms with Crippen LogP contribution in [0, 0.1) is 11.3 Å². The van der Waals surface area contributed by atoms with E-state index in [1.54, 1.807) is 6.07 Å². The molecular weight excluding hydrogens is 62.3 g/mol. The summed E-state index contributed by atoms with van der Waals surface area (Å²) in [5.41, 5.74) is 0. The molecule has 0 aromatic rings. The summed E-state index contributed by atoms with van der Waals surface area (Å²) in [4.78, 5) is 0. The van der Waals surface area contributed by atoms with Gasteiger partial charge in [0, 0.05) is 6.92 Å². The van der Waals surface area contributed by atoms with Gasteiger partial charge in [0.25, 0.3) is 0 Å². The van der Waals surface area contributed by atoms with Crippen LogP contribution in [0.2, 0.25) is 0 Å². The molecule has 0 radical (unpaired) electrons. The van der Waals surface area contributed by atoms with Crippen LogP contribution in [-0.2, 0) is 0 Å². The fraction of sp³-hybridized carbons (Fsp3) is 0.500. The molecule has 0 unspecified atom stereocenters. The number of hydrogen-bond acceptors (Lipinski definition) is 1. The van der Waals surface area contributed by atoms with Gasteiger partial charge in [0.2, 0.25) is 0 Å². The van der Waals surface area contributed by atoms with Crippen LogP contribution in [0.15, 0.2) is 0 Å². The minimum atomic E-state index is 0. The monoisotopic (exact) mass is 67.0 g/mol. The predicted octanol–water partition coefficient (Wildman–Crippen LogP) is 0.374. The van der Waals surface area contributed by atoms with E-state index in [9.17, 15) is 0 Å². The Labute approximate surface area is 44.7 Å². The molecule has 0 aliphatic rings. The summed E-state index contributed by atoms with van der Waals surface area (Å²) >= 11 is 0. The molecule has 4 heavy (non-hydrogen) atoms. The molecule has 0 spiro atoms. The van der Waals surface area contributed by atoms with Crippen molar-refractivity contribution >= 4 is 23.1 Å². The van der Waals surface area contributed by atoms with Crippen LogP contribution in [0.3, 0.4) is 0 Å². The van der Waals surface area contributed by atoms with Crippen LogP contribution >= 0.6 is 0 Å². The first-order valence-electron chi connectivity index (χ1n) is 0.724.